The molecule has 152 valence electrons. The molecule has 0 saturated carbocycles. The van der Waals surface area contributed by atoms with E-state index >= 15 is 0 Å². The van der Waals surface area contributed by atoms with E-state index < -0.39 is 0 Å². The molecule has 3 aromatic heterocycles. The zero-order chi connectivity index (χ0) is 21.1. The molecule has 2 N–H and O–H groups in total. The van der Waals surface area contributed by atoms with Gasteiger partial charge in [0.05, 0.1) is 17.2 Å². The second kappa shape index (κ2) is 8.60. The Bertz CT molecular complexity index is 1190. The minimum Gasteiger partial charge on any atom is -0.458 e. The number of thiazole rings is 2. The zero-order valence-electron chi connectivity index (χ0n) is 16.3. The van der Waals surface area contributed by atoms with Gasteiger partial charge in [0.1, 0.15) is 16.3 Å². The van der Waals surface area contributed by atoms with Crippen LogP contribution in [0, 0.1) is 6.92 Å². The molecule has 0 fully saturated rings. The van der Waals surface area contributed by atoms with Crippen LogP contribution in [0.25, 0.3) is 22.7 Å². The molecule has 1 aromatic carbocycles. The van der Waals surface area contributed by atoms with Crippen molar-refractivity contribution >= 4 is 39.6 Å². The largest absolute Gasteiger partial charge is 0.458 e. The lowest BCUT2D eigenvalue weighted by Gasteiger charge is -2.02. The van der Waals surface area contributed by atoms with Gasteiger partial charge in [-0.3, -0.25) is 14.9 Å². The van der Waals surface area contributed by atoms with Gasteiger partial charge >= 0.3 is 0 Å². The van der Waals surface area contributed by atoms with Gasteiger partial charge in [-0.25, -0.2) is 9.97 Å². The predicted molar refractivity (Wildman–Crippen MR) is 118 cm³/mol. The van der Waals surface area contributed by atoms with Gasteiger partial charge in [0.2, 0.25) is 5.91 Å². The fourth-order valence-electron chi connectivity index (χ4n) is 2.79. The average Bonchev–Trinajstić information content (AvgIpc) is 3.46. The van der Waals surface area contributed by atoms with E-state index in [9.17, 15) is 9.59 Å². The zero-order valence-corrected chi connectivity index (χ0v) is 17.9. The molecule has 0 aliphatic heterocycles. The fraction of sp³-hybridized carbons (Fsp3) is 0.143. The molecule has 2 amide bonds. The lowest BCUT2D eigenvalue weighted by Crippen LogP contribution is -2.18. The molecular formula is C21H18N4O3S2. The Kier molecular flexibility index (Phi) is 5.73. The van der Waals surface area contributed by atoms with E-state index in [1.165, 1.54) is 29.6 Å². The quantitative estimate of drug-likeness (QED) is 0.454. The fourth-order valence-corrected chi connectivity index (χ4v) is 4.32. The van der Waals surface area contributed by atoms with E-state index in [1.807, 2.05) is 42.6 Å². The number of carbonyl (C=O) groups is 2. The van der Waals surface area contributed by atoms with Crippen LogP contribution in [-0.4, -0.2) is 21.8 Å². The van der Waals surface area contributed by atoms with E-state index in [-0.39, 0.29) is 11.8 Å². The molecule has 9 heteroatoms. The van der Waals surface area contributed by atoms with Crippen molar-refractivity contribution in [2.75, 3.05) is 5.32 Å². The van der Waals surface area contributed by atoms with Crippen LogP contribution < -0.4 is 10.6 Å². The first kappa shape index (κ1) is 20.0. The molecule has 0 bridgehead atoms. The summed E-state index contributed by atoms with van der Waals surface area (Å²) in [7, 11) is 0. The number of anilines is 1. The Balaban J connectivity index is 1.50. The number of hydrogen-bond acceptors (Lipinski definition) is 7. The summed E-state index contributed by atoms with van der Waals surface area (Å²) in [6.45, 7) is 3.65. The molecule has 0 atom stereocenters. The van der Waals surface area contributed by atoms with Crippen molar-refractivity contribution in [2.45, 2.75) is 20.4 Å². The monoisotopic (exact) mass is 438 g/mol. The summed E-state index contributed by atoms with van der Waals surface area (Å²) in [6, 6.07) is 13.2. The molecule has 3 heterocycles. The van der Waals surface area contributed by atoms with Crippen LogP contribution in [0.5, 0.6) is 0 Å². The lowest BCUT2D eigenvalue weighted by atomic mass is 10.1. The third-order valence-corrected chi connectivity index (χ3v) is 5.87. The van der Waals surface area contributed by atoms with Crippen LogP contribution >= 0.6 is 22.7 Å². The highest BCUT2D eigenvalue weighted by atomic mass is 32.1. The normalized spacial score (nSPS) is 10.7. The Hall–Kier alpha value is -3.30. The van der Waals surface area contributed by atoms with Crippen LogP contribution in [0.15, 0.2) is 52.3 Å². The van der Waals surface area contributed by atoms with E-state index in [1.54, 1.807) is 12.1 Å². The minimum atomic E-state index is -0.244. The summed E-state index contributed by atoms with van der Waals surface area (Å²) in [6.07, 6.45) is 0. The van der Waals surface area contributed by atoms with Gasteiger partial charge in [0.15, 0.2) is 10.9 Å². The Morgan fingerprint density at radius 3 is 2.67 bits per heavy atom. The molecule has 0 unspecified atom stereocenters. The molecule has 0 radical (unpaired) electrons. The molecule has 0 saturated heterocycles. The molecule has 0 spiro atoms. The van der Waals surface area contributed by atoms with E-state index in [0.717, 1.165) is 10.6 Å². The number of carbonyl (C=O) groups excluding carboxylic acids is 2. The van der Waals surface area contributed by atoms with Crippen molar-refractivity contribution in [3.8, 4) is 22.7 Å². The van der Waals surface area contributed by atoms with Crippen LogP contribution in [0.4, 0.5) is 5.13 Å². The molecule has 0 aliphatic rings. The molecule has 7 nitrogen and oxygen atoms in total. The molecular weight excluding hydrogens is 420 g/mol. The van der Waals surface area contributed by atoms with Crippen molar-refractivity contribution in [2.24, 2.45) is 0 Å². The first-order chi connectivity index (χ1) is 14.5. The molecule has 4 rings (SSSR count). The summed E-state index contributed by atoms with van der Waals surface area (Å²) < 4.78 is 5.71. The lowest BCUT2D eigenvalue weighted by molar-refractivity contribution is -0.119. The van der Waals surface area contributed by atoms with E-state index in [4.69, 9.17) is 4.42 Å². The number of amides is 2. The maximum absolute atomic E-state index is 12.9. The van der Waals surface area contributed by atoms with Crippen LogP contribution in [0.2, 0.25) is 0 Å². The van der Waals surface area contributed by atoms with Crippen LogP contribution in [0.1, 0.15) is 27.4 Å². The summed E-state index contributed by atoms with van der Waals surface area (Å²) in [5.74, 6) is 0.836. The Labute approximate surface area is 180 Å². The number of aryl methyl sites for hydroxylation is 1. The summed E-state index contributed by atoms with van der Waals surface area (Å²) in [5.41, 5.74) is 2.18. The van der Waals surface area contributed by atoms with Gasteiger partial charge in [0.25, 0.3) is 5.91 Å². The maximum Gasteiger partial charge on any atom is 0.269 e. The number of furan rings is 1. The summed E-state index contributed by atoms with van der Waals surface area (Å²) in [5, 5.41) is 8.65. The van der Waals surface area contributed by atoms with Crippen LogP contribution in [-0.2, 0) is 11.3 Å². The molecule has 0 aliphatic carbocycles. The third kappa shape index (κ3) is 4.47. The van der Waals surface area contributed by atoms with Gasteiger partial charge in [-0.1, -0.05) is 30.3 Å². The smallest absolute Gasteiger partial charge is 0.269 e. The minimum absolute atomic E-state index is 0.125. The number of nitrogens with one attached hydrogen (secondary N) is 2. The number of aromatic nitrogens is 2. The van der Waals surface area contributed by atoms with Gasteiger partial charge in [-0.05, 0) is 19.1 Å². The standard InChI is InChI=1S/C21H18N4O3S2/c1-12(26)22-10-15-8-9-17(28-15)16-11-29-21(24-16)25-20(27)19-18(23-13(2)30-19)14-6-4-3-5-7-14/h3-9,11H,10H2,1-2H3,(H,22,26)(H,24,25,27). The van der Waals surface area contributed by atoms with Crippen molar-refractivity contribution in [3.63, 3.8) is 0 Å². The number of rotatable bonds is 6. The summed E-state index contributed by atoms with van der Waals surface area (Å²) >= 11 is 2.67. The average molecular weight is 439 g/mol. The predicted octanol–water partition coefficient (Wildman–Crippen LogP) is 4.72. The van der Waals surface area contributed by atoms with E-state index in [2.05, 4.69) is 20.6 Å². The van der Waals surface area contributed by atoms with Gasteiger partial charge in [0, 0.05) is 17.9 Å². The first-order valence-corrected chi connectivity index (χ1v) is 10.8. The number of benzene rings is 1. The van der Waals surface area contributed by atoms with Crippen molar-refractivity contribution < 1.29 is 14.0 Å². The maximum atomic E-state index is 12.9. The Morgan fingerprint density at radius 2 is 1.90 bits per heavy atom. The SMILES string of the molecule is CC(=O)NCc1ccc(-c2csc(NC(=O)c3sc(C)nc3-c3ccccc3)n2)o1. The van der Waals surface area contributed by atoms with Crippen molar-refractivity contribution in [3.05, 3.63) is 63.5 Å². The summed E-state index contributed by atoms with van der Waals surface area (Å²) in [4.78, 5) is 33.4. The van der Waals surface area contributed by atoms with Gasteiger partial charge < -0.3 is 9.73 Å². The highest BCUT2D eigenvalue weighted by Crippen LogP contribution is 2.30. The highest BCUT2D eigenvalue weighted by Gasteiger charge is 2.20. The molecule has 30 heavy (non-hydrogen) atoms. The second-order valence-electron chi connectivity index (χ2n) is 6.44. The Morgan fingerprint density at radius 1 is 1.10 bits per heavy atom. The van der Waals surface area contributed by atoms with E-state index in [0.29, 0.717) is 39.5 Å². The van der Waals surface area contributed by atoms with Crippen molar-refractivity contribution in [1.29, 1.82) is 0 Å². The van der Waals surface area contributed by atoms with Crippen molar-refractivity contribution in [1.82, 2.24) is 15.3 Å². The highest BCUT2D eigenvalue weighted by molar-refractivity contribution is 7.15. The number of nitrogens with zero attached hydrogens (tertiary/aromatic N) is 2. The first-order valence-electron chi connectivity index (χ1n) is 9.13. The third-order valence-electron chi connectivity index (χ3n) is 4.14. The number of hydrogen-bond donors (Lipinski definition) is 2. The topological polar surface area (TPSA) is 97.1 Å². The molecule has 4 aromatic rings. The van der Waals surface area contributed by atoms with Gasteiger partial charge in [-0.15, -0.1) is 22.7 Å². The van der Waals surface area contributed by atoms with Crippen LogP contribution in [0.3, 0.4) is 0 Å². The van der Waals surface area contributed by atoms with Gasteiger partial charge in [-0.2, -0.15) is 0 Å². The second-order valence-corrected chi connectivity index (χ2v) is 8.51.